The van der Waals surface area contributed by atoms with E-state index in [9.17, 15) is 14.4 Å². The fourth-order valence-corrected chi connectivity index (χ4v) is 2.78. The summed E-state index contributed by atoms with van der Waals surface area (Å²) in [6, 6.07) is 0. The predicted molar refractivity (Wildman–Crippen MR) is 71.3 cm³/mol. The minimum absolute atomic E-state index is 0.105. The smallest absolute Gasteiger partial charge is 0.356 e. The van der Waals surface area contributed by atoms with Gasteiger partial charge < -0.3 is 15.4 Å². The number of rotatable bonds is 5. The van der Waals surface area contributed by atoms with Crippen LogP contribution in [0.3, 0.4) is 0 Å². The number of H-pyrrole nitrogens is 1. The minimum Gasteiger partial charge on any atom is -0.476 e. The molecule has 0 bridgehead atoms. The number of anilines is 1. The standard InChI is InChI=1S/C10H9N3O4S2/c1-4(14)7-6(8(15)16)13-9(19-7)11-2-5-3-18-10(17)12-5/h3H,2H2,1H3,(H,11,13)(H,12,17)(H,15,16). The molecule has 0 atom stereocenters. The zero-order valence-corrected chi connectivity index (χ0v) is 11.4. The Kier molecular flexibility index (Phi) is 3.76. The van der Waals surface area contributed by atoms with Gasteiger partial charge in [0.2, 0.25) is 0 Å². The molecule has 0 radical (unpaired) electrons. The Balaban J connectivity index is 2.17. The van der Waals surface area contributed by atoms with Crippen molar-refractivity contribution in [1.82, 2.24) is 9.97 Å². The van der Waals surface area contributed by atoms with Crippen molar-refractivity contribution >= 4 is 39.6 Å². The summed E-state index contributed by atoms with van der Waals surface area (Å²) in [7, 11) is 0. The van der Waals surface area contributed by atoms with Crippen LogP contribution in [0.2, 0.25) is 0 Å². The number of Topliss-reactive ketones (excluding diaryl/α,β-unsaturated/α-hetero) is 1. The maximum atomic E-state index is 11.3. The van der Waals surface area contributed by atoms with Crippen molar-refractivity contribution in [2.75, 3.05) is 5.32 Å². The van der Waals surface area contributed by atoms with Gasteiger partial charge in [-0.3, -0.25) is 9.59 Å². The van der Waals surface area contributed by atoms with Gasteiger partial charge in [-0.15, -0.1) is 0 Å². The highest BCUT2D eigenvalue weighted by molar-refractivity contribution is 7.17. The van der Waals surface area contributed by atoms with Crippen LogP contribution in [0.1, 0.15) is 32.8 Å². The lowest BCUT2D eigenvalue weighted by Gasteiger charge is -1.98. The van der Waals surface area contributed by atoms with Crippen LogP contribution in [-0.2, 0) is 6.54 Å². The van der Waals surface area contributed by atoms with Gasteiger partial charge in [-0.05, 0) is 0 Å². The quantitative estimate of drug-likeness (QED) is 0.719. The Hall–Kier alpha value is -2.00. The number of nitrogens with one attached hydrogen (secondary N) is 2. The van der Waals surface area contributed by atoms with Gasteiger partial charge in [-0.1, -0.05) is 22.7 Å². The van der Waals surface area contributed by atoms with Crippen LogP contribution in [0.5, 0.6) is 0 Å². The summed E-state index contributed by atoms with van der Waals surface area (Å²) in [4.78, 5) is 39.6. The summed E-state index contributed by atoms with van der Waals surface area (Å²) in [6.07, 6.45) is 0. The molecule has 0 aliphatic carbocycles. The third-order valence-electron chi connectivity index (χ3n) is 2.15. The number of thiazole rings is 2. The van der Waals surface area contributed by atoms with Crippen molar-refractivity contribution in [2.24, 2.45) is 0 Å². The van der Waals surface area contributed by atoms with Crippen molar-refractivity contribution in [2.45, 2.75) is 13.5 Å². The average molecular weight is 299 g/mol. The number of aromatic carboxylic acids is 1. The van der Waals surface area contributed by atoms with Crippen molar-refractivity contribution in [3.8, 4) is 0 Å². The molecule has 2 aromatic heterocycles. The predicted octanol–water partition coefficient (Wildman–Crippen LogP) is 1.41. The summed E-state index contributed by atoms with van der Waals surface area (Å²) in [5.41, 5.74) is 0.422. The van der Waals surface area contributed by atoms with Crippen LogP contribution < -0.4 is 10.2 Å². The molecule has 3 N–H and O–H groups in total. The Morgan fingerprint density at radius 3 is 2.74 bits per heavy atom. The molecule has 100 valence electrons. The molecular formula is C10H9N3O4S2. The lowest BCUT2D eigenvalue weighted by molar-refractivity contribution is 0.0687. The number of carboxylic acid groups (broad SMARTS) is 1. The highest BCUT2D eigenvalue weighted by Crippen LogP contribution is 2.24. The van der Waals surface area contributed by atoms with Gasteiger partial charge in [-0.2, -0.15) is 0 Å². The van der Waals surface area contributed by atoms with Gasteiger partial charge in [0, 0.05) is 18.0 Å². The van der Waals surface area contributed by atoms with Gasteiger partial charge in [0.15, 0.2) is 16.6 Å². The van der Waals surface area contributed by atoms with Crippen molar-refractivity contribution in [3.05, 3.63) is 31.3 Å². The fourth-order valence-electron chi connectivity index (χ4n) is 1.35. The van der Waals surface area contributed by atoms with E-state index in [1.807, 2.05) is 0 Å². The molecule has 0 saturated heterocycles. The molecule has 9 heteroatoms. The van der Waals surface area contributed by atoms with E-state index in [0.717, 1.165) is 22.7 Å². The average Bonchev–Trinajstić information content (AvgIpc) is 2.92. The van der Waals surface area contributed by atoms with Gasteiger partial charge in [0.1, 0.15) is 4.88 Å². The summed E-state index contributed by atoms with van der Waals surface area (Å²) in [5.74, 6) is -1.58. The number of carbonyl (C=O) groups excluding carboxylic acids is 1. The van der Waals surface area contributed by atoms with E-state index in [1.54, 1.807) is 5.38 Å². The molecule has 0 unspecified atom stereocenters. The highest BCUT2D eigenvalue weighted by Gasteiger charge is 2.20. The van der Waals surface area contributed by atoms with Crippen molar-refractivity contribution in [3.63, 3.8) is 0 Å². The molecule has 0 aliphatic rings. The van der Waals surface area contributed by atoms with Crippen molar-refractivity contribution < 1.29 is 14.7 Å². The van der Waals surface area contributed by atoms with E-state index >= 15 is 0 Å². The normalized spacial score (nSPS) is 10.4. The molecular weight excluding hydrogens is 290 g/mol. The number of nitrogens with zero attached hydrogens (tertiary/aromatic N) is 1. The molecule has 0 amide bonds. The molecule has 2 heterocycles. The number of aromatic nitrogens is 2. The van der Waals surface area contributed by atoms with Gasteiger partial charge in [0.25, 0.3) is 0 Å². The second-order valence-corrected chi connectivity index (χ2v) is 5.43. The maximum Gasteiger partial charge on any atom is 0.356 e. The summed E-state index contributed by atoms with van der Waals surface area (Å²) < 4.78 is 0. The van der Waals surface area contributed by atoms with Crippen LogP contribution in [0.4, 0.5) is 5.13 Å². The van der Waals surface area contributed by atoms with Crippen LogP contribution >= 0.6 is 22.7 Å². The third kappa shape index (κ3) is 3.06. The van der Waals surface area contributed by atoms with Crippen LogP contribution in [0, 0.1) is 0 Å². The van der Waals surface area contributed by atoms with Gasteiger partial charge >= 0.3 is 10.8 Å². The zero-order chi connectivity index (χ0) is 14.0. The summed E-state index contributed by atoms with van der Waals surface area (Å²) in [6.45, 7) is 1.60. The van der Waals surface area contributed by atoms with E-state index in [0.29, 0.717) is 17.4 Å². The van der Waals surface area contributed by atoms with Gasteiger partial charge in [0.05, 0.1) is 6.54 Å². The number of carboxylic acids is 1. The lowest BCUT2D eigenvalue weighted by atomic mass is 10.3. The molecule has 0 fully saturated rings. The molecule has 7 nitrogen and oxygen atoms in total. The lowest BCUT2D eigenvalue weighted by Crippen LogP contribution is -2.05. The van der Waals surface area contributed by atoms with E-state index in [2.05, 4.69) is 15.3 Å². The van der Waals surface area contributed by atoms with Crippen LogP contribution in [-0.4, -0.2) is 26.8 Å². The van der Waals surface area contributed by atoms with E-state index in [1.165, 1.54) is 6.92 Å². The second kappa shape index (κ2) is 5.33. The number of hydrogen-bond acceptors (Lipinski definition) is 7. The first-order chi connectivity index (χ1) is 8.97. The van der Waals surface area contributed by atoms with Crippen molar-refractivity contribution in [1.29, 1.82) is 0 Å². The van der Waals surface area contributed by atoms with Crippen LogP contribution in [0.25, 0.3) is 0 Å². The Morgan fingerprint density at radius 2 is 2.26 bits per heavy atom. The van der Waals surface area contributed by atoms with E-state index in [-0.39, 0.29) is 21.2 Å². The summed E-state index contributed by atoms with van der Waals surface area (Å²) >= 11 is 2.02. The largest absolute Gasteiger partial charge is 0.476 e. The molecule has 0 saturated carbocycles. The maximum absolute atomic E-state index is 11.3. The molecule has 0 aliphatic heterocycles. The fraction of sp³-hybridized carbons (Fsp3) is 0.200. The highest BCUT2D eigenvalue weighted by atomic mass is 32.1. The molecule has 0 spiro atoms. The number of aromatic amines is 1. The van der Waals surface area contributed by atoms with Crippen LogP contribution in [0.15, 0.2) is 10.2 Å². The third-order valence-corrected chi connectivity index (χ3v) is 3.98. The monoisotopic (exact) mass is 299 g/mol. The second-order valence-electron chi connectivity index (χ2n) is 3.59. The SMILES string of the molecule is CC(=O)c1sc(NCc2csc(=O)[nH]2)nc1C(=O)O. The first kappa shape index (κ1) is 13.4. The minimum atomic E-state index is -1.24. The molecule has 0 aromatic carbocycles. The topological polar surface area (TPSA) is 112 Å². The molecule has 2 rings (SSSR count). The summed E-state index contributed by atoms with van der Waals surface area (Å²) in [5, 5.41) is 13.8. The number of ketones is 1. The molecule has 19 heavy (non-hydrogen) atoms. The van der Waals surface area contributed by atoms with E-state index < -0.39 is 5.97 Å². The Bertz CT molecular complexity index is 654. The Labute approximate surface area is 114 Å². The van der Waals surface area contributed by atoms with E-state index in [4.69, 9.17) is 5.11 Å². The zero-order valence-electron chi connectivity index (χ0n) is 9.72. The number of carbonyl (C=O) groups is 2. The number of hydrogen-bond donors (Lipinski definition) is 3. The Morgan fingerprint density at radius 1 is 1.53 bits per heavy atom. The van der Waals surface area contributed by atoms with Gasteiger partial charge in [-0.25, -0.2) is 9.78 Å². The first-order valence-electron chi connectivity index (χ1n) is 5.13. The first-order valence-corrected chi connectivity index (χ1v) is 6.82. The molecule has 2 aromatic rings.